The summed E-state index contributed by atoms with van der Waals surface area (Å²) in [4.78, 5) is 2.51. The van der Waals surface area contributed by atoms with Crippen LogP contribution in [-0.4, -0.2) is 22.4 Å². The normalized spacial score (nSPS) is 19.0. The molecule has 0 N–H and O–H groups in total. The van der Waals surface area contributed by atoms with Crippen molar-refractivity contribution in [3.8, 4) is 17.2 Å². The average Bonchev–Trinajstić information content (AvgIpc) is 3.25. The average molecular weight is 320 g/mol. The summed E-state index contributed by atoms with van der Waals surface area (Å²) in [7, 11) is 1.92. The van der Waals surface area contributed by atoms with E-state index in [1.165, 1.54) is 30.5 Å². The molecule has 1 atom stereocenters. The van der Waals surface area contributed by atoms with Gasteiger partial charge in [0.15, 0.2) is 0 Å². The molecule has 4 nitrogen and oxygen atoms in total. The topological polar surface area (TPSA) is 44.9 Å². The first-order chi connectivity index (χ1) is 11.6. The molecule has 4 rings (SSSR count). The van der Waals surface area contributed by atoms with E-state index < -0.39 is 0 Å². The second-order valence-corrected chi connectivity index (χ2v) is 7.41. The number of benzene rings is 1. The molecule has 4 heteroatoms. The summed E-state index contributed by atoms with van der Waals surface area (Å²) in [6.07, 6.45) is 8.79. The van der Waals surface area contributed by atoms with Crippen LogP contribution in [0.25, 0.3) is 11.1 Å². The highest BCUT2D eigenvalue weighted by Gasteiger charge is 2.49. The highest BCUT2D eigenvalue weighted by Crippen LogP contribution is 2.57. The molecule has 0 bridgehead atoms. The predicted molar refractivity (Wildman–Crippen MR) is 96.0 cm³/mol. The van der Waals surface area contributed by atoms with Crippen molar-refractivity contribution in [3.63, 3.8) is 0 Å². The van der Waals surface area contributed by atoms with Gasteiger partial charge >= 0.3 is 0 Å². The van der Waals surface area contributed by atoms with Crippen molar-refractivity contribution in [2.45, 2.75) is 51.0 Å². The second kappa shape index (κ2) is 5.37. The lowest BCUT2D eigenvalue weighted by Gasteiger charge is -2.40. The van der Waals surface area contributed by atoms with Crippen molar-refractivity contribution in [3.05, 3.63) is 35.7 Å². The molecular formula is C20H24N4. The van der Waals surface area contributed by atoms with E-state index in [2.05, 4.69) is 42.0 Å². The third kappa shape index (κ3) is 2.23. The van der Waals surface area contributed by atoms with Crippen LogP contribution in [0.3, 0.4) is 0 Å². The summed E-state index contributed by atoms with van der Waals surface area (Å²) >= 11 is 0. The van der Waals surface area contributed by atoms with E-state index >= 15 is 0 Å². The van der Waals surface area contributed by atoms with Gasteiger partial charge in [-0.2, -0.15) is 10.4 Å². The van der Waals surface area contributed by atoms with Gasteiger partial charge in [0.05, 0.1) is 17.8 Å². The fourth-order valence-corrected chi connectivity index (χ4v) is 4.08. The molecule has 0 saturated heterocycles. The molecule has 1 aliphatic heterocycles. The summed E-state index contributed by atoms with van der Waals surface area (Å²) in [5.74, 6) is 0. The van der Waals surface area contributed by atoms with Gasteiger partial charge in [-0.3, -0.25) is 4.68 Å². The van der Waals surface area contributed by atoms with Gasteiger partial charge in [0.1, 0.15) is 0 Å². The number of hydrogen-bond donors (Lipinski definition) is 0. The molecule has 24 heavy (non-hydrogen) atoms. The van der Waals surface area contributed by atoms with Gasteiger partial charge in [-0.1, -0.05) is 6.92 Å². The Morgan fingerprint density at radius 2 is 2.12 bits per heavy atom. The minimum Gasteiger partial charge on any atom is -0.369 e. The van der Waals surface area contributed by atoms with E-state index in [1.54, 1.807) is 4.68 Å². The van der Waals surface area contributed by atoms with Crippen LogP contribution in [0.4, 0.5) is 5.69 Å². The van der Waals surface area contributed by atoms with Gasteiger partial charge in [-0.15, -0.1) is 0 Å². The number of anilines is 1. The Kier molecular flexibility index (Phi) is 3.42. The largest absolute Gasteiger partial charge is 0.369 e. The van der Waals surface area contributed by atoms with Crippen LogP contribution in [0, 0.1) is 11.3 Å². The Morgan fingerprint density at radius 1 is 1.33 bits per heavy atom. The molecule has 124 valence electrons. The summed E-state index contributed by atoms with van der Waals surface area (Å²) in [6, 6.07) is 7.34. The van der Waals surface area contributed by atoms with E-state index in [0.29, 0.717) is 11.5 Å². The van der Waals surface area contributed by atoms with Crippen LogP contribution in [0.5, 0.6) is 0 Å². The lowest BCUT2D eigenvalue weighted by atomic mass is 9.83. The van der Waals surface area contributed by atoms with E-state index in [1.807, 2.05) is 19.4 Å². The molecule has 1 spiro atoms. The van der Waals surface area contributed by atoms with E-state index in [9.17, 15) is 5.26 Å². The maximum atomic E-state index is 9.72. The molecule has 2 heterocycles. The van der Waals surface area contributed by atoms with Crippen LogP contribution in [0.15, 0.2) is 24.5 Å². The number of hydrogen-bond acceptors (Lipinski definition) is 3. The molecule has 1 unspecified atom stereocenters. The Labute approximate surface area is 143 Å². The fraction of sp³-hybridized carbons (Fsp3) is 0.500. The summed E-state index contributed by atoms with van der Waals surface area (Å²) in [5, 5.41) is 14.0. The first kappa shape index (κ1) is 15.3. The molecule has 1 aliphatic carbocycles. The van der Waals surface area contributed by atoms with Crippen molar-refractivity contribution in [1.82, 2.24) is 9.78 Å². The third-order valence-corrected chi connectivity index (χ3v) is 5.96. The SMILES string of the molecule is CCC(C)N1CCC2(CC2)c2cc(-c3cnn(C)c3)c(C#N)cc21. The zero-order valence-electron chi connectivity index (χ0n) is 14.7. The fourth-order valence-electron chi connectivity index (χ4n) is 4.08. The quantitative estimate of drug-likeness (QED) is 0.858. The third-order valence-electron chi connectivity index (χ3n) is 5.96. The number of nitrogens with zero attached hydrogens (tertiary/aromatic N) is 4. The number of nitriles is 1. The Hall–Kier alpha value is -2.28. The lowest BCUT2D eigenvalue weighted by molar-refractivity contribution is 0.517. The minimum atomic E-state index is 0.365. The molecule has 2 aromatic rings. The number of fused-ring (bicyclic) bond motifs is 2. The smallest absolute Gasteiger partial charge is 0.0998 e. The van der Waals surface area contributed by atoms with Gasteiger partial charge in [0, 0.05) is 42.6 Å². The first-order valence-corrected chi connectivity index (χ1v) is 8.92. The first-order valence-electron chi connectivity index (χ1n) is 8.92. The summed E-state index contributed by atoms with van der Waals surface area (Å²) in [5.41, 5.74) is 5.93. The van der Waals surface area contributed by atoms with Crippen molar-refractivity contribution < 1.29 is 0 Å². The summed E-state index contributed by atoms with van der Waals surface area (Å²) < 4.78 is 1.80. The van der Waals surface area contributed by atoms with Gasteiger partial charge in [0.2, 0.25) is 0 Å². The number of rotatable bonds is 3. The zero-order valence-corrected chi connectivity index (χ0v) is 14.7. The van der Waals surface area contributed by atoms with E-state index in [0.717, 1.165) is 29.7 Å². The maximum absolute atomic E-state index is 9.72. The lowest BCUT2D eigenvalue weighted by Crippen LogP contribution is -2.40. The van der Waals surface area contributed by atoms with Crippen LogP contribution < -0.4 is 4.90 Å². The zero-order chi connectivity index (χ0) is 16.9. The predicted octanol–water partition coefficient (Wildman–Crippen LogP) is 4.00. The minimum absolute atomic E-state index is 0.365. The molecule has 1 saturated carbocycles. The molecule has 1 fully saturated rings. The highest BCUT2D eigenvalue weighted by atomic mass is 15.2. The van der Waals surface area contributed by atoms with Gasteiger partial charge in [-0.25, -0.2) is 0 Å². The van der Waals surface area contributed by atoms with Crippen molar-refractivity contribution in [2.75, 3.05) is 11.4 Å². The van der Waals surface area contributed by atoms with Gasteiger partial charge in [0.25, 0.3) is 0 Å². The maximum Gasteiger partial charge on any atom is 0.0998 e. The molecule has 1 aromatic heterocycles. The van der Waals surface area contributed by atoms with Gasteiger partial charge in [-0.05, 0) is 55.7 Å². The standard InChI is InChI=1S/C20H24N4/c1-4-14(2)24-8-7-20(5-6-20)18-10-17(15(11-21)9-19(18)24)16-12-22-23(3)13-16/h9-10,12-14H,4-8H2,1-3H3. The van der Waals surface area contributed by atoms with Crippen LogP contribution in [0.2, 0.25) is 0 Å². The van der Waals surface area contributed by atoms with Crippen LogP contribution in [-0.2, 0) is 12.5 Å². The molecule has 0 amide bonds. The molecule has 0 radical (unpaired) electrons. The second-order valence-electron chi connectivity index (χ2n) is 7.41. The Bertz CT molecular complexity index is 823. The monoisotopic (exact) mass is 320 g/mol. The molecular weight excluding hydrogens is 296 g/mol. The van der Waals surface area contributed by atoms with Crippen molar-refractivity contribution in [1.29, 1.82) is 5.26 Å². The summed E-state index contributed by atoms with van der Waals surface area (Å²) in [6.45, 7) is 5.63. The van der Waals surface area contributed by atoms with Crippen LogP contribution in [0.1, 0.15) is 50.7 Å². The molecule has 1 aromatic carbocycles. The van der Waals surface area contributed by atoms with E-state index in [-0.39, 0.29) is 0 Å². The Balaban J connectivity index is 1.90. The Morgan fingerprint density at radius 3 is 2.71 bits per heavy atom. The van der Waals surface area contributed by atoms with E-state index in [4.69, 9.17) is 0 Å². The number of aryl methyl sites for hydroxylation is 1. The molecule has 2 aliphatic rings. The van der Waals surface area contributed by atoms with Crippen molar-refractivity contribution in [2.24, 2.45) is 7.05 Å². The highest BCUT2D eigenvalue weighted by molar-refractivity contribution is 5.77. The van der Waals surface area contributed by atoms with Crippen molar-refractivity contribution >= 4 is 5.69 Å². The van der Waals surface area contributed by atoms with Gasteiger partial charge < -0.3 is 4.90 Å². The van der Waals surface area contributed by atoms with Crippen LogP contribution >= 0.6 is 0 Å². The number of aromatic nitrogens is 2.